The van der Waals surface area contributed by atoms with Gasteiger partial charge in [0.05, 0.1) is 20.2 Å². The summed E-state index contributed by atoms with van der Waals surface area (Å²) in [6, 6.07) is 1.82. The van der Waals surface area contributed by atoms with Gasteiger partial charge >= 0.3 is 0 Å². The van der Waals surface area contributed by atoms with Crippen LogP contribution in [-0.4, -0.2) is 9.97 Å². The van der Waals surface area contributed by atoms with E-state index in [2.05, 4.69) is 9.97 Å². The smallest absolute Gasteiger partial charge is 0.202 e. The number of fused-ring (bicyclic) bond motifs is 1. The van der Waals surface area contributed by atoms with Crippen molar-refractivity contribution in [1.29, 1.82) is 0 Å². The predicted molar refractivity (Wildman–Crippen MR) is 64.6 cm³/mol. The van der Waals surface area contributed by atoms with Gasteiger partial charge in [0.2, 0.25) is 5.43 Å². The second-order valence-electron chi connectivity index (χ2n) is 3.24. The normalized spacial score (nSPS) is 10.8. The minimum atomic E-state index is 0.0768. The van der Waals surface area contributed by atoms with Crippen molar-refractivity contribution in [2.45, 2.75) is 13.8 Å². The van der Waals surface area contributed by atoms with Gasteiger partial charge in [0, 0.05) is 11.9 Å². The van der Waals surface area contributed by atoms with E-state index in [-0.39, 0.29) is 5.43 Å². The van der Waals surface area contributed by atoms with Crippen molar-refractivity contribution >= 4 is 33.5 Å². The van der Waals surface area contributed by atoms with Gasteiger partial charge in [0.25, 0.3) is 0 Å². The van der Waals surface area contributed by atoms with Crippen molar-refractivity contribution in [3.05, 3.63) is 37.4 Å². The molecular formula is C10H9IN2O. The van der Waals surface area contributed by atoms with Crippen LogP contribution in [0.5, 0.6) is 0 Å². The maximum atomic E-state index is 11.8. The van der Waals surface area contributed by atoms with Crippen molar-refractivity contribution in [2.75, 3.05) is 0 Å². The molecule has 0 spiro atoms. The van der Waals surface area contributed by atoms with Crippen LogP contribution >= 0.6 is 22.6 Å². The lowest BCUT2D eigenvalue weighted by atomic mass is 10.2. The molecule has 0 saturated carbocycles. The zero-order valence-corrected chi connectivity index (χ0v) is 10.0. The summed E-state index contributed by atoms with van der Waals surface area (Å²) in [5, 5.41) is 0.724. The van der Waals surface area contributed by atoms with E-state index in [4.69, 9.17) is 0 Å². The molecule has 2 rings (SSSR count). The Morgan fingerprint density at radius 3 is 2.86 bits per heavy atom. The second-order valence-corrected chi connectivity index (χ2v) is 4.40. The third-order valence-electron chi connectivity index (χ3n) is 2.13. The minimum Gasteiger partial charge on any atom is -0.358 e. The number of H-pyrrole nitrogens is 1. The van der Waals surface area contributed by atoms with Gasteiger partial charge in [0.15, 0.2) is 0 Å². The van der Waals surface area contributed by atoms with Crippen molar-refractivity contribution in [3.8, 4) is 0 Å². The molecule has 3 nitrogen and oxygen atoms in total. The number of halogens is 1. The van der Waals surface area contributed by atoms with Crippen LogP contribution in [0.1, 0.15) is 11.4 Å². The topological polar surface area (TPSA) is 45.8 Å². The number of aryl methyl sites for hydroxylation is 2. The Balaban J connectivity index is 3.03. The van der Waals surface area contributed by atoms with Gasteiger partial charge in [0.1, 0.15) is 0 Å². The van der Waals surface area contributed by atoms with Crippen LogP contribution in [0.3, 0.4) is 0 Å². The summed E-state index contributed by atoms with van der Waals surface area (Å²) in [6.07, 6.45) is 1.72. The molecule has 1 N–H and O–H groups in total. The van der Waals surface area contributed by atoms with E-state index in [9.17, 15) is 4.79 Å². The lowest BCUT2D eigenvalue weighted by molar-refractivity contribution is 1.13. The molecule has 2 aromatic rings. The summed E-state index contributed by atoms with van der Waals surface area (Å²) in [4.78, 5) is 19.2. The fourth-order valence-electron chi connectivity index (χ4n) is 1.52. The van der Waals surface area contributed by atoms with Gasteiger partial charge in [-0.05, 0) is 42.5 Å². The molecule has 72 valence electrons. The molecule has 4 heteroatoms. The molecule has 0 aliphatic heterocycles. The van der Waals surface area contributed by atoms with E-state index >= 15 is 0 Å². The van der Waals surface area contributed by atoms with E-state index in [1.807, 2.05) is 42.5 Å². The van der Waals surface area contributed by atoms with E-state index < -0.39 is 0 Å². The first-order valence-corrected chi connectivity index (χ1v) is 5.32. The molecule has 14 heavy (non-hydrogen) atoms. The number of pyridine rings is 2. The molecule has 0 radical (unpaired) electrons. The van der Waals surface area contributed by atoms with Crippen molar-refractivity contribution in [2.24, 2.45) is 0 Å². The summed E-state index contributed by atoms with van der Waals surface area (Å²) >= 11 is 2.03. The monoisotopic (exact) mass is 300 g/mol. The maximum Gasteiger partial charge on any atom is 0.202 e. The first-order chi connectivity index (χ1) is 6.59. The van der Waals surface area contributed by atoms with Gasteiger partial charge in [-0.15, -0.1) is 0 Å². The van der Waals surface area contributed by atoms with Crippen LogP contribution in [0.15, 0.2) is 17.1 Å². The quantitative estimate of drug-likeness (QED) is 0.758. The molecule has 0 aliphatic carbocycles. The largest absolute Gasteiger partial charge is 0.358 e. The SMILES string of the molecule is Cc1cc2c(=O)c(I)c[nH]c2c(C)n1. The number of aromatic amines is 1. The highest BCUT2D eigenvalue weighted by molar-refractivity contribution is 14.1. The Bertz CT molecular complexity index is 560. The summed E-state index contributed by atoms with van der Waals surface area (Å²) in [7, 11) is 0. The lowest BCUT2D eigenvalue weighted by Crippen LogP contribution is -2.08. The van der Waals surface area contributed by atoms with Gasteiger partial charge < -0.3 is 4.98 Å². The van der Waals surface area contributed by atoms with Gasteiger partial charge in [-0.3, -0.25) is 9.78 Å². The molecule has 0 bridgehead atoms. The number of hydrogen-bond acceptors (Lipinski definition) is 2. The fourth-order valence-corrected chi connectivity index (χ4v) is 1.97. The first-order valence-electron chi connectivity index (χ1n) is 4.25. The Kier molecular flexibility index (Phi) is 2.30. The minimum absolute atomic E-state index is 0.0768. The number of aromatic nitrogens is 2. The average molecular weight is 300 g/mol. The zero-order valence-electron chi connectivity index (χ0n) is 7.89. The average Bonchev–Trinajstić information content (AvgIpc) is 2.12. The molecule has 2 aromatic heterocycles. The second kappa shape index (κ2) is 3.34. The number of nitrogens with zero attached hydrogens (tertiary/aromatic N) is 1. The maximum absolute atomic E-state index is 11.8. The number of nitrogens with one attached hydrogen (secondary N) is 1. The molecule has 0 saturated heterocycles. The Labute approximate surface area is 94.7 Å². The predicted octanol–water partition coefficient (Wildman–Crippen LogP) is 2.14. The first kappa shape index (κ1) is 9.64. The van der Waals surface area contributed by atoms with Crippen molar-refractivity contribution in [1.82, 2.24) is 9.97 Å². The molecular weight excluding hydrogens is 291 g/mol. The highest BCUT2D eigenvalue weighted by Gasteiger charge is 2.05. The van der Waals surface area contributed by atoms with Crippen molar-refractivity contribution in [3.63, 3.8) is 0 Å². The lowest BCUT2D eigenvalue weighted by Gasteiger charge is -2.03. The highest BCUT2D eigenvalue weighted by atomic mass is 127. The summed E-state index contributed by atoms with van der Waals surface area (Å²) in [5.74, 6) is 0. The van der Waals surface area contributed by atoms with Crippen molar-refractivity contribution < 1.29 is 0 Å². The number of rotatable bonds is 0. The standard InChI is InChI=1S/C10H9IN2O/c1-5-3-7-9(6(2)13-5)12-4-8(11)10(7)14/h3-4H,1-2H3,(H,12,14). The van der Waals surface area contributed by atoms with Crippen LogP contribution < -0.4 is 5.43 Å². The molecule has 0 aliphatic rings. The van der Waals surface area contributed by atoms with E-state index in [0.717, 1.165) is 22.3 Å². The zero-order chi connectivity index (χ0) is 10.3. The fraction of sp³-hybridized carbons (Fsp3) is 0.200. The summed E-state index contributed by atoms with van der Waals surface area (Å²) < 4.78 is 0.708. The van der Waals surface area contributed by atoms with Gasteiger partial charge in [-0.25, -0.2) is 0 Å². The summed E-state index contributed by atoms with van der Waals surface area (Å²) in [6.45, 7) is 3.80. The third kappa shape index (κ3) is 1.43. The Hall–Kier alpha value is -0.910. The van der Waals surface area contributed by atoms with Gasteiger partial charge in [-0.2, -0.15) is 0 Å². The Morgan fingerprint density at radius 1 is 1.43 bits per heavy atom. The van der Waals surface area contributed by atoms with Crippen LogP contribution in [0, 0.1) is 17.4 Å². The molecule has 0 atom stereocenters. The molecule has 0 amide bonds. The molecule has 0 unspecified atom stereocenters. The molecule has 0 fully saturated rings. The van der Waals surface area contributed by atoms with Crippen LogP contribution in [0.25, 0.3) is 10.9 Å². The van der Waals surface area contributed by atoms with E-state index in [0.29, 0.717) is 3.57 Å². The van der Waals surface area contributed by atoms with Crippen LogP contribution in [0.2, 0.25) is 0 Å². The number of hydrogen-bond donors (Lipinski definition) is 1. The molecule has 0 aromatic carbocycles. The van der Waals surface area contributed by atoms with Crippen LogP contribution in [-0.2, 0) is 0 Å². The van der Waals surface area contributed by atoms with Gasteiger partial charge in [-0.1, -0.05) is 0 Å². The highest BCUT2D eigenvalue weighted by Crippen LogP contribution is 2.13. The van der Waals surface area contributed by atoms with E-state index in [1.54, 1.807) is 6.20 Å². The Morgan fingerprint density at radius 2 is 2.14 bits per heavy atom. The molecule has 2 heterocycles. The third-order valence-corrected chi connectivity index (χ3v) is 2.93. The summed E-state index contributed by atoms with van der Waals surface area (Å²) in [5.41, 5.74) is 2.66. The van der Waals surface area contributed by atoms with Crippen LogP contribution in [0.4, 0.5) is 0 Å². The van der Waals surface area contributed by atoms with E-state index in [1.165, 1.54) is 0 Å².